The van der Waals surface area contributed by atoms with Gasteiger partial charge in [0.15, 0.2) is 11.5 Å². The Balaban J connectivity index is 1.87. The summed E-state index contributed by atoms with van der Waals surface area (Å²) in [7, 11) is 2.07. The van der Waals surface area contributed by atoms with E-state index in [2.05, 4.69) is 44.4 Å². The van der Waals surface area contributed by atoms with Gasteiger partial charge >= 0.3 is 0 Å². The first kappa shape index (κ1) is 12.8. The summed E-state index contributed by atoms with van der Waals surface area (Å²) in [5, 5.41) is 3.45. The van der Waals surface area contributed by atoms with E-state index in [9.17, 15) is 0 Å². The minimum atomic E-state index is 0.346. The van der Waals surface area contributed by atoms with E-state index in [1.54, 1.807) is 0 Å². The predicted molar refractivity (Wildman–Crippen MR) is 76.0 cm³/mol. The van der Waals surface area contributed by atoms with Crippen LogP contribution in [0.2, 0.25) is 0 Å². The molecule has 1 aromatic carbocycles. The van der Waals surface area contributed by atoms with Crippen molar-refractivity contribution in [3.8, 4) is 11.5 Å². The smallest absolute Gasteiger partial charge is 0.161 e. The first-order valence-corrected chi connectivity index (χ1v) is 7.26. The Labute approximate surface area is 115 Å². The van der Waals surface area contributed by atoms with Gasteiger partial charge in [0, 0.05) is 6.04 Å². The molecule has 1 aliphatic heterocycles. The molecular weight excluding hydrogens is 238 g/mol. The fraction of sp³-hybridized carbons (Fsp3) is 0.625. The second kappa shape index (κ2) is 4.71. The van der Waals surface area contributed by atoms with Gasteiger partial charge in [0.2, 0.25) is 0 Å². The van der Waals surface area contributed by atoms with Crippen molar-refractivity contribution in [3.05, 3.63) is 23.8 Å². The number of fused-ring (bicyclic) bond motifs is 1. The van der Waals surface area contributed by atoms with Crippen molar-refractivity contribution in [2.24, 2.45) is 5.41 Å². The summed E-state index contributed by atoms with van der Waals surface area (Å²) in [6.07, 6.45) is 2.40. The van der Waals surface area contributed by atoms with Gasteiger partial charge in [0.25, 0.3) is 0 Å². The van der Waals surface area contributed by atoms with E-state index in [1.807, 2.05) is 0 Å². The maximum atomic E-state index is 5.70. The Morgan fingerprint density at radius 2 is 2.00 bits per heavy atom. The van der Waals surface area contributed by atoms with Gasteiger partial charge in [-0.25, -0.2) is 0 Å². The number of hydrogen-bond acceptors (Lipinski definition) is 3. The fourth-order valence-electron chi connectivity index (χ4n) is 3.59. The van der Waals surface area contributed by atoms with Gasteiger partial charge in [0.05, 0.1) is 0 Å². The summed E-state index contributed by atoms with van der Waals surface area (Å²) in [5.41, 5.74) is 1.73. The third-order valence-corrected chi connectivity index (χ3v) is 5.14. The van der Waals surface area contributed by atoms with E-state index in [0.29, 0.717) is 30.6 Å². The Kier molecular flexibility index (Phi) is 3.17. The molecule has 104 valence electrons. The lowest BCUT2D eigenvalue weighted by Crippen LogP contribution is -2.55. The van der Waals surface area contributed by atoms with E-state index >= 15 is 0 Å². The minimum absolute atomic E-state index is 0.346. The van der Waals surface area contributed by atoms with Gasteiger partial charge in [-0.1, -0.05) is 19.9 Å². The molecule has 19 heavy (non-hydrogen) atoms. The molecule has 1 fully saturated rings. The molecule has 0 amide bonds. The lowest BCUT2D eigenvalue weighted by molar-refractivity contribution is 0.0491. The SMILES string of the molecule is CCC1(C)C(NC)CC1c1ccc2c(c1)OCCO2. The van der Waals surface area contributed by atoms with Gasteiger partial charge in [-0.2, -0.15) is 0 Å². The highest BCUT2D eigenvalue weighted by atomic mass is 16.6. The number of hydrogen-bond donors (Lipinski definition) is 1. The zero-order valence-electron chi connectivity index (χ0n) is 12.0. The van der Waals surface area contributed by atoms with Gasteiger partial charge in [-0.05, 0) is 48.9 Å². The maximum absolute atomic E-state index is 5.70. The highest BCUT2D eigenvalue weighted by molar-refractivity contribution is 5.46. The van der Waals surface area contributed by atoms with Crippen molar-refractivity contribution in [2.45, 2.75) is 38.6 Å². The standard InChI is InChI=1S/C16H23NO2/c1-4-16(2)12(10-15(16)17-3)11-5-6-13-14(9-11)19-8-7-18-13/h5-6,9,12,15,17H,4,7-8,10H2,1-3H3. The summed E-state index contributed by atoms with van der Waals surface area (Å²) >= 11 is 0. The molecule has 3 unspecified atom stereocenters. The number of nitrogens with one attached hydrogen (secondary N) is 1. The molecule has 3 heteroatoms. The molecule has 0 radical (unpaired) electrons. The normalized spacial score (nSPS) is 32.8. The van der Waals surface area contributed by atoms with Crippen LogP contribution < -0.4 is 14.8 Å². The van der Waals surface area contributed by atoms with Gasteiger partial charge in [-0.3, -0.25) is 0 Å². The average Bonchev–Trinajstić information content (AvgIpc) is 2.45. The molecule has 0 spiro atoms. The van der Waals surface area contributed by atoms with Crippen LogP contribution in [-0.2, 0) is 0 Å². The first-order valence-electron chi connectivity index (χ1n) is 7.26. The number of rotatable bonds is 3. The van der Waals surface area contributed by atoms with Crippen molar-refractivity contribution in [3.63, 3.8) is 0 Å². The predicted octanol–water partition coefficient (Wildman–Crippen LogP) is 2.95. The largest absolute Gasteiger partial charge is 0.486 e. The van der Waals surface area contributed by atoms with Crippen LogP contribution in [0.15, 0.2) is 18.2 Å². The van der Waals surface area contributed by atoms with Crippen molar-refractivity contribution in [1.82, 2.24) is 5.32 Å². The molecule has 2 aliphatic rings. The van der Waals surface area contributed by atoms with Crippen molar-refractivity contribution >= 4 is 0 Å². The van der Waals surface area contributed by atoms with Crippen LogP contribution in [0.3, 0.4) is 0 Å². The molecule has 1 aromatic rings. The molecule has 0 saturated heterocycles. The molecule has 0 bridgehead atoms. The number of benzene rings is 1. The van der Waals surface area contributed by atoms with Crippen LogP contribution in [0.25, 0.3) is 0 Å². The highest BCUT2D eigenvalue weighted by Crippen LogP contribution is 2.55. The lowest BCUT2D eigenvalue weighted by Gasteiger charge is -2.54. The maximum Gasteiger partial charge on any atom is 0.161 e. The summed E-state index contributed by atoms with van der Waals surface area (Å²) in [6.45, 7) is 5.99. The summed E-state index contributed by atoms with van der Waals surface area (Å²) < 4.78 is 11.3. The highest BCUT2D eigenvalue weighted by Gasteiger charge is 2.50. The van der Waals surface area contributed by atoms with Crippen molar-refractivity contribution in [2.75, 3.05) is 20.3 Å². The summed E-state index contributed by atoms with van der Waals surface area (Å²) in [4.78, 5) is 0. The van der Waals surface area contributed by atoms with E-state index in [4.69, 9.17) is 9.47 Å². The molecule has 1 saturated carbocycles. The molecule has 3 nitrogen and oxygen atoms in total. The van der Waals surface area contributed by atoms with Crippen LogP contribution >= 0.6 is 0 Å². The quantitative estimate of drug-likeness (QED) is 0.907. The Bertz CT molecular complexity index is 474. The Hall–Kier alpha value is -1.22. The van der Waals surface area contributed by atoms with Gasteiger partial charge < -0.3 is 14.8 Å². The molecule has 1 aliphatic carbocycles. The van der Waals surface area contributed by atoms with Crippen LogP contribution in [0.4, 0.5) is 0 Å². The lowest BCUT2D eigenvalue weighted by atomic mass is 9.54. The zero-order valence-corrected chi connectivity index (χ0v) is 12.0. The average molecular weight is 261 g/mol. The molecule has 3 atom stereocenters. The van der Waals surface area contributed by atoms with E-state index in [1.165, 1.54) is 18.4 Å². The molecule has 1 heterocycles. The van der Waals surface area contributed by atoms with Crippen molar-refractivity contribution in [1.29, 1.82) is 0 Å². The van der Waals surface area contributed by atoms with Crippen LogP contribution in [0.1, 0.15) is 38.2 Å². The first-order chi connectivity index (χ1) is 9.19. The van der Waals surface area contributed by atoms with Gasteiger partial charge in [-0.15, -0.1) is 0 Å². The second-order valence-electron chi connectivity index (χ2n) is 5.89. The Morgan fingerprint density at radius 1 is 1.26 bits per heavy atom. The van der Waals surface area contributed by atoms with E-state index in [0.717, 1.165) is 11.5 Å². The van der Waals surface area contributed by atoms with Crippen LogP contribution in [-0.4, -0.2) is 26.3 Å². The fourth-order valence-corrected chi connectivity index (χ4v) is 3.59. The molecule has 0 aromatic heterocycles. The van der Waals surface area contributed by atoms with Crippen molar-refractivity contribution < 1.29 is 9.47 Å². The monoisotopic (exact) mass is 261 g/mol. The second-order valence-corrected chi connectivity index (χ2v) is 5.89. The topological polar surface area (TPSA) is 30.5 Å². The summed E-state index contributed by atoms with van der Waals surface area (Å²) in [6, 6.07) is 7.07. The Morgan fingerprint density at radius 3 is 2.68 bits per heavy atom. The number of ether oxygens (including phenoxy) is 2. The zero-order chi connectivity index (χ0) is 13.5. The third kappa shape index (κ3) is 1.91. The molecule has 3 rings (SSSR count). The van der Waals surface area contributed by atoms with Gasteiger partial charge in [0.1, 0.15) is 13.2 Å². The van der Waals surface area contributed by atoms with E-state index in [-0.39, 0.29) is 0 Å². The third-order valence-electron chi connectivity index (χ3n) is 5.14. The molecular formula is C16H23NO2. The van der Waals surface area contributed by atoms with E-state index < -0.39 is 0 Å². The summed E-state index contributed by atoms with van der Waals surface area (Å²) in [5.74, 6) is 2.42. The minimum Gasteiger partial charge on any atom is -0.486 e. The van der Waals surface area contributed by atoms with Crippen LogP contribution in [0, 0.1) is 5.41 Å². The molecule has 1 N–H and O–H groups in total. The van der Waals surface area contributed by atoms with Crippen LogP contribution in [0.5, 0.6) is 11.5 Å².